The maximum Gasteiger partial charge on any atom is 0.255 e. The van der Waals surface area contributed by atoms with Gasteiger partial charge in [-0.1, -0.05) is 23.2 Å². The first-order valence-electron chi connectivity index (χ1n) is 5.29. The van der Waals surface area contributed by atoms with Crippen LogP contribution in [0.5, 0.6) is 0 Å². The topological polar surface area (TPSA) is 29.1 Å². The lowest BCUT2D eigenvalue weighted by atomic mass is 10.2. The van der Waals surface area contributed by atoms with Crippen molar-refractivity contribution in [3.63, 3.8) is 0 Å². The van der Waals surface area contributed by atoms with Gasteiger partial charge in [0.15, 0.2) is 0 Å². The highest BCUT2D eigenvalue weighted by Gasteiger charge is 2.13. The Balaban J connectivity index is 2.30. The molecular formula is C13H6Br2Cl2FNO. The van der Waals surface area contributed by atoms with E-state index in [4.69, 9.17) is 23.2 Å². The molecule has 0 spiro atoms. The van der Waals surface area contributed by atoms with E-state index in [1.807, 2.05) is 0 Å². The molecule has 2 aromatic carbocycles. The number of hydrogen-bond acceptors (Lipinski definition) is 1. The van der Waals surface area contributed by atoms with Crippen LogP contribution in [0.25, 0.3) is 0 Å². The number of rotatable bonds is 2. The van der Waals surface area contributed by atoms with Gasteiger partial charge in [0, 0.05) is 14.5 Å². The molecule has 1 N–H and O–H groups in total. The molecule has 2 nitrogen and oxygen atoms in total. The highest BCUT2D eigenvalue weighted by molar-refractivity contribution is 9.11. The summed E-state index contributed by atoms with van der Waals surface area (Å²) in [6, 6.07) is 7.11. The van der Waals surface area contributed by atoms with Crippen LogP contribution in [0.4, 0.5) is 10.1 Å². The van der Waals surface area contributed by atoms with Crippen molar-refractivity contribution in [3.05, 3.63) is 60.7 Å². The summed E-state index contributed by atoms with van der Waals surface area (Å²) >= 11 is 18.2. The third kappa shape index (κ3) is 3.52. The van der Waals surface area contributed by atoms with Crippen LogP contribution in [-0.2, 0) is 0 Å². The lowest BCUT2D eigenvalue weighted by molar-refractivity contribution is 0.102. The van der Waals surface area contributed by atoms with Crippen LogP contribution < -0.4 is 5.32 Å². The quantitative estimate of drug-likeness (QED) is 0.616. The minimum absolute atomic E-state index is 0.109. The third-order valence-corrected chi connectivity index (χ3v) is 4.56. The molecule has 1 amide bonds. The summed E-state index contributed by atoms with van der Waals surface area (Å²) in [5, 5.41) is 3.23. The largest absolute Gasteiger partial charge is 0.320 e. The molecule has 104 valence electrons. The molecule has 0 saturated carbocycles. The second-order valence-electron chi connectivity index (χ2n) is 3.83. The second-order valence-corrected chi connectivity index (χ2v) is 6.35. The summed E-state index contributed by atoms with van der Waals surface area (Å²) in [6.07, 6.45) is 0. The lowest BCUT2D eigenvalue weighted by Crippen LogP contribution is -2.12. The van der Waals surface area contributed by atoms with E-state index in [2.05, 4.69) is 37.2 Å². The van der Waals surface area contributed by atoms with Gasteiger partial charge >= 0.3 is 0 Å². The smallest absolute Gasteiger partial charge is 0.255 e. The van der Waals surface area contributed by atoms with Crippen LogP contribution in [0.3, 0.4) is 0 Å². The fraction of sp³-hybridized carbons (Fsp3) is 0. The molecule has 0 heterocycles. The number of nitrogens with one attached hydrogen (secondary N) is 1. The molecule has 0 saturated heterocycles. The Bertz CT molecular complexity index is 671. The maximum atomic E-state index is 13.1. The van der Waals surface area contributed by atoms with E-state index in [1.54, 1.807) is 18.2 Å². The molecule has 0 aliphatic rings. The minimum Gasteiger partial charge on any atom is -0.320 e. The van der Waals surface area contributed by atoms with Crippen molar-refractivity contribution in [2.75, 3.05) is 5.32 Å². The summed E-state index contributed by atoms with van der Waals surface area (Å²) < 4.78 is 14.1. The van der Waals surface area contributed by atoms with Gasteiger partial charge in [-0.25, -0.2) is 4.39 Å². The molecule has 0 atom stereocenters. The molecule has 0 aliphatic heterocycles. The second kappa shape index (κ2) is 6.43. The Morgan fingerprint density at radius 1 is 1.05 bits per heavy atom. The van der Waals surface area contributed by atoms with Crippen molar-refractivity contribution in [3.8, 4) is 0 Å². The standard InChI is InChI=1S/C13H6Br2Cl2FNO/c14-8-3-6(1-2-10(8)16)13(20)19-12-9(15)4-7(18)5-11(12)17/h1-5H,(H,19,20). The van der Waals surface area contributed by atoms with Crippen molar-refractivity contribution in [2.24, 2.45) is 0 Å². The number of amides is 1. The highest BCUT2D eigenvalue weighted by Crippen LogP contribution is 2.32. The van der Waals surface area contributed by atoms with E-state index in [0.717, 1.165) is 6.07 Å². The van der Waals surface area contributed by atoms with Gasteiger partial charge in [0.2, 0.25) is 0 Å². The van der Waals surface area contributed by atoms with E-state index in [9.17, 15) is 9.18 Å². The maximum absolute atomic E-state index is 13.1. The molecule has 20 heavy (non-hydrogen) atoms. The summed E-state index contributed by atoms with van der Waals surface area (Å²) in [7, 11) is 0. The van der Waals surface area contributed by atoms with E-state index in [-0.39, 0.29) is 10.9 Å². The van der Waals surface area contributed by atoms with E-state index < -0.39 is 5.82 Å². The molecule has 0 bridgehead atoms. The Hall–Kier alpha value is -0.620. The Morgan fingerprint density at radius 3 is 2.35 bits per heavy atom. The fourth-order valence-corrected chi connectivity index (χ4v) is 2.88. The highest BCUT2D eigenvalue weighted by atomic mass is 79.9. The normalized spacial score (nSPS) is 10.4. The Labute approximate surface area is 141 Å². The third-order valence-electron chi connectivity index (χ3n) is 2.43. The van der Waals surface area contributed by atoms with Gasteiger partial charge < -0.3 is 5.32 Å². The molecule has 0 unspecified atom stereocenters. The first-order chi connectivity index (χ1) is 9.38. The fourth-order valence-electron chi connectivity index (χ4n) is 1.48. The van der Waals surface area contributed by atoms with Crippen LogP contribution >= 0.6 is 55.1 Å². The van der Waals surface area contributed by atoms with Crippen LogP contribution in [-0.4, -0.2) is 5.91 Å². The summed E-state index contributed by atoms with van der Waals surface area (Å²) in [5.74, 6) is -0.870. The average molecular weight is 442 g/mol. The van der Waals surface area contributed by atoms with E-state index in [0.29, 0.717) is 25.2 Å². The molecule has 7 heteroatoms. The zero-order valence-electron chi connectivity index (χ0n) is 9.68. The monoisotopic (exact) mass is 439 g/mol. The minimum atomic E-state index is -0.492. The molecular weight excluding hydrogens is 436 g/mol. The van der Waals surface area contributed by atoms with E-state index in [1.165, 1.54) is 6.07 Å². The van der Waals surface area contributed by atoms with Gasteiger partial charge in [0.05, 0.1) is 15.7 Å². The van der Waals surface area contributed by atoms with Gasteiger partial charge in [-0.2, -0.15) is 0 Å². The zero-order valence-corrected chi connectivity index (χ0v) is 14.4. The van der Waals surface area contributed by atoms with Crippen LogP contribution in [0.1, 0.15) is 10.4 Å². The van der Waals surface area contributed by atoms with Crippen molar-refractivity contribution >= 4 is 66.7 Å². The lowest BCUT2D eigenvalue weighted by Gasteiger charge is -2.10. The summed E-state index contributed by atoms with van der Waals surface area (Å²) in [5.41, 5.74) is 0.706. The van der Waals surface area contributed by atoms with Gasteiger partial charge in [0.25, 0.3) is 5.91 Å². The predicted molar refractivity (Wildman–Crippen MR) is 86.2 cm³/mol. The summed E-state index contributed by atoms with van der Waals surface area (Å²) in [6.45, 7) is 0. The number of anilines is 1. The number of benzene rings is 2. The molecule has 0 aliphatic carbocycles. The van der Waals surface area contributed by atoms with Gasteiger partial charge in [-0.15, -0.1) is 0 Å². The first kappa shape index (κ1) is 15.8. The van der Waals surface area contributed by atoms with Gasteiger partial charge in [-0.3, -0.25) is 4.79 Å². The van der Waals surface area contributed by atoms with Crippen molar-refractivity contribution in [2.45, 2.75) is 0 Å². The number of hydrogen-bond donors (Lipinski definition) is 1. The Morgan fingerprint density at radius 2 is 1.75 bits per heavy atom. The van der Waals surface area contributed by atoms with Crippen LogP contribution in [0, 0.1) is 5.82 Å². The van der Waals surface area contributed by atoms with Crippen LogP contribution in [0.2, 0.25) is 10.0 Å². The average Bonchev–Trinajstić information content (AvgIpc) is 2.36. The number of halogens is 5. The Kier molecular flexibility index (Phi) is 5.07. The van der Waals surface area contributed by atoms with Gasteiger partial charge in [-0.05, 0) is 62.2 Å². The van der Waals surface area contributed by atoms with Crippen LogP contribution in [0.15, 0.2) is 39.3 Å². The SMILES string of the molecule is O=C(Nc1c(Cl)cc(F)cc1Br)c1ccc(Cl)c(Br)c1. The molecule has 2 aromatic rings. The first-order valence-corrected chi connectivity index (χ1v) is 7.63. The number of carbonyl (C=O) groups is 1. The zero-order chi connectivity index (χ0) is 14.9. The predicted octanol–water partition coefficient (Wildman–Crippen LogP) is 5.91. The van der Waals surface area contributed by atoms with Crippen molar-refractivity contribution < 1.29 is 9.18 Å². The molecule has 0 aromatic heterocycles. The van der Waals surface area contributed by atoms with Gasteiger partial charge in [0.1, 0.15) is 5.82 Å². The van der Waals surface area contributed by atoms with Crippen molar-refractivity contribution in [1.29, 1.82) is 0 Å². The van der Waals surface area contributed by atoms with E-state index >= 15 is 0 Å². The molecule has 0 fully saturated rings. The summed E-state index contributed by atoms with van der Waals surface area (Å²) in [4.78, 5) is 12.1. The van der Waals surface area contributed by atoms with Crippen molar-refractivity contribution in [1.82, 2.24) is 0 Å². The molecule has 2 rings (SSSR count). The number of carbonyl (C=O) groups excluding carboxylic acids is 1. The molecule has 0 radical (unpaired) electrons.